The minimum absolute atomic E-state index is 0.398. The molecule has 0 bridgehead atoms. The summed E-state index contributed by atoms with van der Waals surface area (Å²) in [7, 11) is 0. The maximum absolute atomic E-state index is 5.59. The topological polar surface area (TPSA) is 65.0 Å². The first-order valence-electron chi connectivity index (χ1n) is 7.29. The second-order valence-electron chi connectivity index (χ2n) is 5.13. The van der Waals surface area contributed by atoms with Gasteiger partial charge in [0.2, 0.25) is 5.89 Å². The van der Waals surface area contributed by atoms with E-state index < -0.39 is 0 Å². The summed E-state index contributed by atoms with van der Waals surface area (Å²) >= 11 is 3.20. The second kappa shape index (κ2) is 6.62. The van der Waals surface area contributed by atoms with Crippen molar-refractivity contribution in [2.45, 2.75) is 17.0 Å². The van der Waals surface area contributed by atoms with Gasteiger partial charge in [-0.1, -0.05) is 41.6 Å². The normalized spacial score (nSPS) is 11.0. The number of benzene rings is 1. The lowest BCUT2D eigenvalue weighted by Gasteiger charge is -1.97. The Morgan fingerprint density at radius 2 is 2.00 bits per heavy atom. The molecule has 0 radical (unpaired) electrons. The predicted octanol–water partition coefficient (Wildman–Crippen LogP) is 5.05. The average Bonchev–Trinajstić information content (AvgIpc) is 3.34. The molecule has 0 fully saturated rings. The average molecular weight is 355 g/mol. The molecule has 0 aliphatic rings. The summed E-state index contributed by atoms with van der Waals surface area (Å²) in [6.45, 7) is 2.08. The number of thioether (sulfide) groups is 1. The van der Waals surface area contributed by atoms with E-state index in [-0.39, 0.29) is 0 Å². The molecule has 0 atom stereocenters. The van der Waals surface area contributed by atoms with E-state index in [0.717, 1.165) is 15.6 Å². The van der Waals surface area contributed by atoms with Crippen LogP contribution >= 0.6 is 23.1 Å². The van der Waals surface area contributed by atoms with Crippen molar-refractivity contribution in [1.29, 1.82) is 0 Å². The molecule has 120 valence electrons. The van der Waals surface area contributed by atoms with Crippen molar-refractivity contribution in [2.24, 2.45) is 0 Å². The van der Waals surface area contributed by atoms with Crippen LogP contribution in [0.4, 0.5) is 0 Å². The maximum atomic E-state index is 5.59. The van der Waals surface area contributed by atoms with Gasteiger partial charge in [-0.15, -0.1) is 21.5 Å². The molecule has 3 aromatic heterocycles. The van der Waals surface area contributed by atoms with Crippen LogP contribution in [0.5, 0.6) is 0 Å². The number of rotatable bonds is 5. The minimum atomic E-state index is 0.398. The number of thiazole rings is 1. The zero-order valence-corrected chi connectivity index (χ0v) is 14.4. The smallest absolute Gasteiger partial charge is 0.283 e. The molecule has 0 saturated carbocycles. The molecule has 0 unspecified atom stereocenters. The van der Waals surface area contributed by atoms with E-state index in [2.05, 4.69) is 51.8 Å². The third-order valence-corrected chi connectivity index (χ3v) is 5.35. The maximum Gasteiger partial charge on any atom is 0.283 e. The Morgan fingerprint density at radius 1 is 1.12 bits per heavy atom. The van der Waals surface area contributed by atoms with Gasteiger partial charge in [0.1, 0.15) is 0 Å². The number of furan rings is 1. The van der Waals surface area contributed by atoms with Gasteiger partial charge < -0.3 is 8.83 Å². The Balaban J connectivity index is 1.42. The molecule has 0 spiro atoms. The summed E-state index contributed by atoms with van der Waals surface area (Å²) in [5, 5.41) is 10.1. The Morgan fingerprint density at radius 3 is 2.79 bits per heavy atom. The van der Waals surface area contributed by atoms with Crippen LogP contribution in [0.1, 0.15) is 11.5 Å². The van der Waals surface area contributed by atoms with Crippen LogP contribution in [0.2, 0.25) is 0 Å². The molecule has 1 aromatic carbocycles. The highest BCUT2D eigenvalue weighted by molar-refractivity contribution is 8.00. The van der Waals surface area contributed by atoms with Crippen molar-refractivity contribution in [3.8, 4) is 22.9 Å². The molecule has 3 heterocycles. The fourth-order valence-electron chi connectivity index (χ4n) is 2.12. The van der Waals surface area contributed by atoms with Gasteiger partial charge in [-0.2, -0.15) is 0 Å². The number of hydrogen-bond donors (Lipinski definition) is 0. The van der Waals surface area contributed by atoms with Crippen LogP contribution in [-0.4, -0.2) is 15.2 Å². The zero-order valence-electron chi connectivity index (χ0n) is 12.8. The summed E-state index contributed by atoms with van der Waals surface area (Å²) in [4.78, 5) is 4.66. The number of aryl methyl sites for hydroxylation is 1. The lowest BCUT2D eigenvalue weighted by atomic mass is 10.1. The quantitative estimate of drug-likeness (QED) is 0.467. The first kappa shape index (κ1) is 15.2. The molecule has 5 nitrogen and oxygen atoms in total. The van der Waals surface area contributed by atoms with Gasteiger partial charge in [-0.05, 0) is 19.1 Å². The zero-order chi connectivity index (χ0) is 16.4. The van der Waals surface area contributed by atoms with Crippen molar-refractivity contribution in [1.82, 2.24) is 15.2 Å². The predicted molar refractivity (Wildman–Crippen MR) is 93.8 cm³/mol. The van der Waals surface area contributed by atoms with Crippen molar-refractivity contribution >= 4 is 23.1 Å². The fraction of sp³-hybridized carbons (Fsp3) is 0.118. The van der Waals surface area contributed by atoms with E-state index in [0.29, 0.717) is 23.3 Å². The van der Waals surface area contributed by atoms with Crippen LogP contribution < -0.4 is 0 Å². The molecular formula is C17H13N3O2S2. The lowest BCUT2D eigenvalue weighted by Crippen LogP contribution is -1.81. The summed E-state index contributed by atoms with van der Waals surface area (Å²) in [5.74, 6) is 2.11. The van der Waals surface area contributed by atoms with E-state index >= 15 is 0 Å². The van der Waals surface area contributed by atoms with Gasteiger partial charge in [-0.25, -0.2) is 4.98 Å². The van der Waals surface area contributed by atoms with Gasteiger partial charge in [-0.3, -0.25) is 0 Å². The summed E-state index contributed by atoms with van der Waals surface area (Å²) in [6.07, 6.45) is 1.58. The van der Waals surface area contributed by atoms with E-state index in [9.17, 15) is 0 Å². The van der Waals surface area contributed by atoms with Crippen LogP contribution in [0.25, 0.3) is 22.9 Å². The van der Waals surface area contributed by atoms with Gasteiger partial charge in [0.25, 0.3) is 5.89 Å². The third kappa shape index (κ3) is 3.27. The van der Waals surface area contributed by atoms with Crippen molar-refractivity contribution < 1.29 is 8.83 Å². The Labute approximate surface area is 146 Å². The lowest BCUT2D eigenvalue weighted by molar-refractivity contribution is 0.494. The van der Waals surface area contributed by atoms with Crippen LogP contribution in [0.3, 0.4) is 0 Å². The van der Waals surface area contributed by atoms with E-state index in [1.165, 1.54) is 5.56 Å². The van der Waals surface area contributed by atoms with E-state index in [1.807, 2.05) is 0 Å². The number of nitrogens with zero attached hydrogens (tertiary/aromatic N) is 3. The largest absolute Gasteiger partial charge is 0.459 e. The van der Waals surface area contributed by atoms with Gasteiger partial charge in [0.15, 0.2) is 10.1 Å². The highest BCUT2D eigenvalue weighted by Crippen LogP contribution is 2.30. The first-order valence-corrected chi connectivity index (χ1v) is 9.16. The number of hydrogen-bond acceptors (Lipinski definition) is 7. The monoisotopic (exact) mass is 355 g/mol. The van der Waals surface area contributed by atoms with Crippen molar-refractivity contribution in [2.75, 3.05) is 0 Å². The molecule has 0 aliphatic heterocycles. The Hall–Kier alpha value is -2.38. The highest BCUT2D eigenvalue weighted by Gasteiger charge is 2.12. The van der Waals surface area contributed by atoms with Crippen LogP contribution in [0.15, 0.2) is 61.2 Å². The molecule has 24 heavy (non-hydrogen) atoms. The second-order valence-corrected chi connectivity index (χ2v) is 7.21. The summed E-state index contributed by atoms with van der Waals surface area (Å²) in [6, 6.07) is 11.9. The fourth-order valence-corrected chi connectivity index (χ4v) is 3.79. The van der Waals surface area contributed by atoms with Gasteiger partial charge in [0.05, 0.1) is 17.7 Å². The van der Waals surface area contributed by atoms with Crippen LogP contribution in [-0.2, 0) is 5.75 Å². The molecule has 7 heteroatoms. The first-order chi connectivity index (χ1) is 11.8. The van der Waals surface area contributed by atoms with Crippen molar-refractivity contribution in [3.05, 3.63) is 59.5 Å². The third-order valence-electron chi connectivity index (χ3n) is 3.35. The highest BCUT2D eigenvalue weighted by atomic mass is 32.2. The minimum Gasteiger partial charge on any atom is -0.459 e. The van der Waals surface area contributed by atoms with Gasteiger partial charge >= 0.3 is 0 Å². The molecule has 4 rings (SSSR count). The molecule has 0 amide bonds. The molecule has 4 aromatic rings. The van der Waals surface area contributed by atoms with Crippen molar-refractivity contribution in [3.63, 3.8) is 0 Å². The molecule has 0 aliphatic carbocycles. The number of aromatic nitrogens is 3. The Kier molecular flexibility index (Phi) is 4.18. The van der Waals surface area contributed by atoms with Crippen LogP contribution in [0, 0.1) is 6.92 Å². The van der Waals surface area contributed by atoms with Gasteiger partial charge in [0, 0.05) is 10.9 Å². The Bertz CT molecular complexity index is 927. The molecule has 0 saturated heterocycles. The standard InChI is InChI=1S/C17H13N3O2S2/c1-11-4-6-12(7-5-11)13-9-23-17(18-13)24-10-15-19-20-16(22-15)14-3-2-8-21-14/h2-9H,10H2,1H3. The molecule has 0 N–H and O–H groups in total. The van der Waals surface area contributed by atoms with E-state index in [1.54, 1.807) is 41.5 Å². The van der Waals surface area contributed by atoms with E-state index in [4.69, 9.17) is 8.83 Å². The summed E-state index contributed by atoms with van der Waals surface area (Å²) in [5.41, 5.74) is 3.36. The molecular weight excluding hydrogens is 342 g/mol. The SMILES string of the molecule is Cc1ccc(-c2csc(SCc3nnc(-c4ccco4)o3)n2)cc1. The summed E-state index contributed by atoms with van der Waals surface area (Å²) < 4.78 is 11.8.